The molecular weight excluding hydrogens is 356 g/mol. The van der Waals surface area contributed by atoms with Crippen molar-refractivity contribution in [2.24, 2.45) is 0 Å². The van der Waals surface area contributed by atoms with Crippen molar-refractivity contribution in [2.45, 2.75) is 32.8 Å². The predicted molar refractivity (Wildman–Crippen MR) is 106 cm³/mol. The van der Waals surface area contributed by atoms with Crippen LogP contribution in [0.1, 0.15) is 37.0 Å². The van der Waals surface area contributed by atoms with Gasteiger partial charge in [-0.2, -0.15) is 4.98 Å². The number of hydrogen-bond acceptors (Lipinski definition) is 6. The van der Waals surface area contributed by atoms with E-state index in [0.717, 1.165) is 17.2 Å². The molecule has 0 aliphatic carbocycles. The molecule has 7 heteroatoms. The zero-order valence-corrected chi connectivity index (χ0v) is 16.5. The van der Waals surface area contributed by atoms with Gasteiger partial charge in [-0.25, -0.2) is 4.98 Å². The lowest BCUT2D eigenvalue weighted by Crippen LogP contribution is -2.47. The topological polar surface area (TPSA) is 77.4 Å². The molecule has 1 atom stereocenters. The van der Waals surface area contributed by atoms with Crippen LogP contribution in [0.3, 0.4) is 0 Å². The number of rotatable bonds is 6. The smallest absolute Gasteiger partial charge is 0.246 e. The van der Waals surface area contributed by atoms with Crippen LogP contribution < -0.4 is 4.74 Å². The van der Waals surface area contributed by atoms with Crippen molar-refractivity contribution in [1.82, 2.24) is 19.9 Å². The van der Waals surface area contributed by atoms with Crippen molar-refractivity contribution >= 4 is 12.0 Å². The van der Waals surface area contributed by atoms with Gasteiger partial charge in [0.1, 0.15) is 18.5 Å². The molecule has 0 spiro atoms. The Balaban J connectivity index is 1.55. The molecule has 1 amide bonds. The number of amides is 1. The van der Waals surface area contributed by atoms with E-state index in [9.17, 15) is 4.79 Å². The van der Waals surface area contributed by atoms with Gasteiger partial charge in [-0.15, -0.1) is 0 Å². The average Bonchev–Trinajstić information content (AvgIpc) is 2.71. The van der Waals surface area contributed by atoms with Crippen LogP contribution in [0.15, 0.2) is 36.5 Å². The van der Waals surface area contributed by atoms with Crippen LogP contribution in [0.25, 0.3) is 6.08 Å². The molecule has 3 rings (SSSR count). The number of morpholine rings is 1. The zero-order chi connectivity index (χ0) is 19.9. The van der Waals surface area contributed by atoms with E-state index in [0.29, 0.717) is 32.2 Å². The van der Waals surface area contributed by atoms with Gasteiger partial charge in [0.15, 0.2) is 0 Å². The van der Waals surface area contributed by atoms with E-state index in [1.807, 2.05) is 45.0 Å². The monoisotopic (exact) mass is 382 g/mol. The van der Waals surface area contributed by atoms with Gasteiger partial charge in [-0.3, -0.25) is 9.78 Å². The fourth-order valence-corrected chi connectivity index (χ4v) is 2.83. The van der Waals surface area contributed by atoms with Crippen LogP contribution in [0.4, 0.5) is 0 Å². The summed E-state index contributed by atoms with van der Waals surface area (Å²) < 4.78 is 11.6. The van der Waals surface area contributed by atoms with E-state index in [2.05, 4.69) is 15.0 Å². The Morgan fingerprint density at radius 2 is 2.25 bits per heavy atom. The highest BCUT2D eigenvalue weighted by Gasteiger charge is 2.24. The lowest BCUT2D eigenvalue weighted by atomic mass is 10.2. The van der Waals surface area contributed by atoms with Gasteiger partial charge in [0.25, 0.3) is 0 Å². The van der Waals surface area contributed by atoms with E-state index in [1.54, 1.807) is 23.2 Å². The van der Waals surface area contributed by atoms with Crippen LogP contribution in [0.2, 0.25) is 0 Å². The van der Waals surface area contributed by atoms with Crippen molar-refractivity contribution in [2.75, 3.05) is 26.3 Å². The van der Waals surface area contributed by atoms with Gasteiger partial charge in [0.2, 0.25) is 11.8 Å². The second-order valence-corrected chi connectivity index (χ2v) is 7.04. The molecule has 3 heterocycles. The van der Waals surface area contributed by atoms with Crippen LogP contribution >= 0.6 is 0 Å². The maximum absolute atomic E-state index is 12.4. The number of aryl methyl sites for hydroxylation is 1. The number of ether oxygens (including phenoxy) is 2. The van der Waals surface area contributed by atoms with Gasteiger partial charge in [-0.05, 0) is 25.1 Å². The molecule has 2 aromatic heterocycles. The first-order valence-electron chi connectivity index (χ1n) is 9.49. The van der Waals surface area contributed by atoms with Crippen molar-refractivity contribution in [3.8, 4) is 5.88 Å². The van der Waals surface area contributed by atoms with Gasteiger partial charge < -0.3 is 14.4 Å². The lowest BCUT2D eigenvalue weighted by Gasteiger charge is -2.32. The van der Waals surface area contributed by atoms with Crippen LogP contribution in [-0.2, 0) is 9.53 Å². The maximum Gasteiger partial charge on any atom is 0.246 e. The lowest BCUT2D eigenvalue weighted by molar-refractivity contribution is -0.134. The van der Waals surface area contributed by atoms with Gasteiger partial charge in [0, 0.05) is 36.5 Å². The summed E-state index contributed by atoms with van der Waals surface area (Å²) in [6, 6.07) is 7.40. The Hall–Kier alpha value is -2.80. The van der Waals surface area contributed by atoms with Crippen LogP contribution in [-0.4, -0.2) is 58.2 Å². The van der Waals surface area contributed by atoms with E-state index in [-0.39, 0.29) is 17.9 Å². The molecule has 0 saturated carbocycles. The summed E-state index contributed by atoms with van der Waals surface area (Å²) in [5.41, 5.74) is 1.62. The highest BCUT2D eigenvalue weighted by atomic mass is 16.5. The summed E-state index contributed by atoms with van der Waals surface area (Å²) in [4.78, 5) is 27.3. The molecule has 1 aliphatic rings. The highest BCUT2D eigenvalue weighted by molar-refractivity contribution is 5.91. The van der Waals surface area contributed by atoms with E-state index in [4.69, 9.17) is 9.47 Å². The molecule has 1 unspecified atom stereocenters. The third kappa shape index (κ3) is 5.60. The summed E-state index contributed by atoms with van der Waals surface area (Å²) in [6.45, 7) is 7.87. The first kappa shape index (κ1) is 19.9. The summed E-state index contributed by atoms with van der Waals surface area (Å²) in [7, 11) is 0. The van der Waals surface area contributed by atoms with E-state index in [1.165, 1.54) is 0 Å². The molecule has 1 saturated heterocycles. The standard InChI is InChI=1S/C21H26N4O3/c1-15(2)21-23-16(3)12-19(24-21)28-14-18-13-25(10-11-27-18)20(26)8-7-17-6-4-5-9-22-17/h4-9,12,15,18H,10-11,13-14H2,1-3H3. The third-order valence-electron chi connectivity index (χ3n) is 4.32. The largest absolute Gasteiger partial charge is 0.475 e. The Morgan fingerprint density at radius 1 is 1.39 bits per heavy atom. The molecule has 0 aromatic carbocycles. The Labute approximate surface area is 165 Å². The SMILES string of the molecule is Cc1cc(OCC2CN(C(=O)C=Cc3ccccn3)CCO2)nc(C(C)C)n1. The summed E-state index contributed by atoms with van der Waals surface area (Å²) in [6.07, 6.45) is 4.78. The number of aromatic nitrogens is 3. The second kappa shape index (κ2) is 9.41. The number of hydrogen-bond donors (Lipinski definition) is 0. The molecule has 0 N–H and O–H groups in total. The molecule has 28 heavy (non-hydrogen) atoms. The van der Waals surface area contributed by atoms with E-state index < -0.39 is 0 Å². The summed E-state index contributed by atoms with van der Waals surface area (Å²) in [5, 5.41) is 0. The minimum atomic E-state index is -0.196. The number of carbonyl (C=O) groups excluding carboxylic acids is 1. The predicted octanol–water partition coefficient (Wildman–Crippen LogP) is 2.62. The first-order chi connectivity index (χ1) is 13.5. The van der Waals surface area contributed by atoms with Gasteiger partial charge in [0.05, 0.1) is 18.8 Å². The molecule has 0 bridgehead atoms. The molecule has 1 fully saturated rings. The fourth-order valence-electron chi connectivity index (χ4n) is 2.83. The fraction of sp³-hybridized carbons (Fsp3) is 0.429. The molecule has 2 aromatic rings. The van der Waals surface area contributed by atoms with Gasteiger partial charge >= 0.3 is 0 Å². The Morgan fingerprint density at radius 3 is 3.00 bits per heavy atom. The van der Waals surface area contributed by atoms with Crippen molar-refractivity contribution in [3.63, 3.8) is 0 Å². The molecular formula is C21H26N4O3. The Kier molecular flexibility index (Phi) is 6.71. The first-order valence-corrected chi connectivity index (χ1v) is 9.49. The second-order valence-electron chi connectivity index (χ2n) is 7.04. The van der Waals surface area contributed by atoms with Crippen molar-refractivity contribution in [1.29, 1.82) is 0 Å². The molecule has 0 radical (unpaired) electrons. The van der Waals surface area contributed by atoms with Gasteiger partial charge in [-0.1, -0.05) is 19.9 Å². The quantitative estimate of drug-likeness (QED) is 0.715. The highest BCUT2D eigenvalue weighted by Crippen LogP contribution is 2.16. The van der Waals surface area contributed by atoms with Crippen molar-refractivity contribution in [3.05, 3.63) is 53.8 Å². The third-order valence-corrected chi connectivity index (χ3v) is 4.32. The summed E-state index contributed by atoms with van der Waals surface area (Å²) >= 11 is 0. The van der Waals surface area contributed by atoms with Crippen LogP contribution in [0.5, 0.6) is 5.88 Å². The number of pyridine rings is 1. The molecule has 148 valence electrons. The van der Waals surface area contributed by atoms with Crippen LogP contribution in [0, 0.1) is 6.92 Å². The maximum atomic E-state index is 12.4. The number of carbonyl (C=O) groups is 1. The summed E-state index contributed by atoms with van der Waals surface area (Å²) in [5.74, 6) is 1.47. The molecule has 7 nitrogen and oxygen atoms in total. The van der Waals surface area contributed by atoms with Crippen molar-refractivity contribution < 1.29 is 14.3 Å². The Bertz CT molecular complexity index is 824. The number of nitrogens with zero attached hydrogens (tertiary/aromatic N) is 4. The zero-order valence-electron chi connectivity index (χ0n) is 16.5. The minimum Gasteiger partial charge on any atom is -0.475 e. The minimum absolute atomic E-state index is 0.0565. The molecule has 1 aliphatic heterocycles. The van der Waals surface area contributed by atoms with E-state index >= 15 is 0 Å². The average molecular weight is 382 g/mol. The normalized spacial score (nSPS) is 17.3.